The summed E-state index contributed by atoms with van der Waals surface area (Å²) in [6, 6.07) is 3.83. The van der Waals surface area contributed by atoms with Crippen LogP contribution < -0.4 is 0 Å². The van der Waals surface area contributed by atoms with E-state index in [1.807, 2.05) is 29.7 Å². The Morgan fingerprint density at radius 3 is 3.05 bits per heavy atom. The summed E-state index contributed by atoms with van der Waals surface area (Å²) in [5, 5.41) is 9.04. The Bertz CT molecular complexity index is 714. The minimum Gasteiger partial charge on any atom is -0.481 e. The van der Waals surface area contributed by atoms with E-state index >= 15 is 0 Å². The molecule has 3 heterocycles. The molecular formula is C15H17F2N3O2. The molecule has 1 N–H and O–H groups in total. The van der Waals surface area contributed by atoms with E-state index in [1.54, 1.807) is 6.20 Å². The number of carboxylic acids is 1. The normalized spacial score (nSPS) is 22.0. The smallest absolute Gasteiger partial charge is 0.308 e. The molecule has 0 aromatic carbocycles. The van der Waals surface area contributed by atoms with E-state index in [0.717, 1.165) is 16.9 Å². The summed E-state index contributed by atoms with van der Waals surface area (Å²) in [5.74, 6) is -5.18. The van der Waals surface area contributed by atoms with Crippen LogP contribution in [0.5, 0.6) is 0 Å². The van der Waals surface area contributed by atoms with Gasteiger partial charge in [0.1, 0.15) is 5.65 Å². The third kappa shape index (κ3) is 2.94. The predicted molar refractivity (Wildman–Crippen MR) is 75.9 cm³/mol. The van der Waals surface area contributed by atoms with E-state index in [9.17, 15) is 13.6 Å². The van der Waals surface area contributed by atoms with E-state index in [0.29, 0.717) is 0 Å². The van der Waals surface area contributed by atoms with E-state index in [1.165, 1.54) is 4.90 Å². The molecule has 1 aliphatic rings. The molecule has 1 saturated heterocycles. The molecule has 118 valence electrons. The highest BCUT2D eigenvalue weighted by Gasteiger charge is 2.43. The van der Waals surface area contributed by atoms with Crippen LogP contribution in [0.15, 0.2) is 24.5 Å². The molecule has 0 aliphatic carbocycles. The number of carbonyl (C=O) groups is 1. The van der Waals surface area contributed by atoms with Crippen LogP contribution in [-0.4, -0.2) is 44.4 Å². The predicted octanol–water partition coefficient (Wildman–Crippen LogP) is 2.18. The quantitative estimate of drug-likeness (QED) is 0.944. The summed E-state index contributed by atoms with van der Waals surface area (Å²) in [4.78, 5) is 16.8. The summed E-state index contributed by atoms with van der Waals surface area (Å²) in [7, 11) is 0. The molecule has 0 amide bonds. The standard InChI is InChI=1S/C15H17F2N3O2/c1-10-2-3-20-12(6-18-13(20)4-10)8-19-7-11(14(21)22)5-15(16,17)9-19/h2-4,6,11H,5,7-9H2,1H3,(H,21,22). The second kappa shape index (κ2) is 5.31. The molecule has 22 heavy (non-hydrogen) atoms. The lowest BCUT2D eigenvalue weighted by Crippen LogP contribution is -2.48. The molecule has 7 heteroatoms. The van der Waals surface area contributed by atoms with E-state index < -0.39 is 30.8 Å². The summed E-state index contributed by atoms with van der Waals surface area (Å²) in [6.45, 7) is 1.92. The van der Waals surface area contributed by atoms with Crippen LogP contribution in [0.4, 0.5) is 8.78 Å². The molecule has 1 aliphatic heterocycles. The number of imidazole rings is 1. The largest absolute Gasteiger partial charge is 0.481 e. The van der Waals surface area contributed by atoms with E-state index in [2.05, 4.69) is 4.98 Å². The molecule has 2 aromatic heterocycles. The van der Waals surface area contributed by atoms with Gasteiger partial charge in [-0.15, -0.1) is 0 Å². The molecule has 1 fully saturated rings. The number of alkyl halides is 2. The van der Waals surface area contributed by atoms with Crippen LogP contribution in [0.2, 0.25) is 0 Å². The van der Waals surface area contributed by atoms with Crippen molar-refractivity contribution in [3.05, 3.63) is 35.8 Å². The van der Waals surface area contributed by atoms with Crippen molar-refractivity contribution >= 4 is 11.6 Å². The Balaban J connectivity index is 1.83. The molecule has 1 atom stereocenters. The summed E-state index contributed by atoms with van der Waals surface area (Å²) >= 11 is 0. The van der Waals surface area contributed by atoms with Gasteiger partial charge in [-0.25, -0.2) is 13.8 Å². The van der Waals surface area contributed by atoms with Crippen molar-refractivity contribution in [3.8, 4) is 0 Å². The molecule has 0 spiro atoms. The number of aliphatic carboxylic acids is 1. The van der Waals surface area contributed by atoms with Gasteiger partial charge in [0.15, 0.2) is 0 Å². The molecular weight excluding hydrogens is 292 g/mol. The highest BCUT2D eigenvalue weighted by atomic mass is 19.3. The SMILES string of the molecule is Cc1ccn2c(CN3CC(C(=O)O)CC(F)(F)C3)cnc2c1. The number of pyridine rings is 1. The van der Waals surface area contributed by atoms with Gasteiger partial charge < -0.3 is 9.51 Å². The average molecular weight is 309 g/mol. The number of aromatic nitrogens is 2. The first-order valence-electron chi connectivity index (χ1n) is 7.10. The number of aryl methyl sites for hydroxylation is 1. The fourth-order valence-corrected chi connectivity index (χ4v) is 2.96. The maximum atomic E-state index is 13.7. The van der Waals surface area contributed by atoms with Gasteiger partial charge in [0.25, 0.3) is 5.92 Å². The van der Waals surface area contributed by atoms with Crippen molar-refractivity contribution in [1.82, 2.24) is 14.3 Å². The number of likely N-dealkylation sites (tertiary alicyclic amines) is 1. The number of fused-ring (bicyclic) bond motifs is 1. The van der Waals surface area contributed by atoms with Gasteiger partial charge in [-0.3, -0.25) is 9.69 Å². The first kappa shape index (κ1) is 14.9. The van der Waals surface area contributed by atoms with Gasteiger partial charge in [-0.05, 0) is 24.6 Å². The maximum absolute atomic E-state index is 13.7. The average Bonchev–Trinajstić information content (AvgIpc) is 2.79. The first-order valence-corrected chi connectivity index (χ1v) is 7.10. The van der Waals surface area contributed by atoms with Crippen molar-refractivity contribution in [3.63, 3.8) is 0 Å². The van der Waals surface area contributed by atoms with Crippen LogP contribution in [0.3, 0.4) is 0 Å². The van der Waals surface area contributed by atoms with E-state index in [4.69, 9.17) is 5.11 Å². The topological polar surface area (TPSA) is 57.8 Å². The van der Waals surface area contributed by atoms with Gasteiger partial charge in [0.05, 0.1) is 24.4 Å². The fraction of sp³-hybridized carbons (Fsp3) is 0.467. The van der Waals surface area contributed by atoms with Gasteiger partial charge >= 0.3 is 5.97 Å². The molecule has 1 unspecified atom stereocenters. The molecule has 5 nitrogen and oxygen atoms in total. The fourth-order valence-electron chi connectivity index (χ4n) is 2.96. The summed E-state index contributed by atoms with van der Waals surface area (Å²) in [5.41, 5.74) is 2.60. The van der Waals surface area contributed by atoms with Crippen LogP contribution in [0.1, 0.15) is 17.7 Å². The molecule has 0 radical (unpaired) electrons. The summed E-state index contributed by atoms with van der Waals surface area (Å²) < 4.78 is 29.3. The van der Waals surface area contributed by atoms with Crippen molar-refractivity contribution in [2.24, 2.45) is 5.92 Å². The van der Waals surface area contributed by atoms with Crippen LogP contribution >= 0.6 is 0 Å². The lowest BCUT2D eigenvalue weighted by atomic mass is 9.95. The third-order valence-electron chi connectivity index (χ3n) is 3.96. The Morgan fingerprint density at radius 1 is 1.55 bits per heavy atom. The number of hydrogen-bond donors (Lipinski definition) is 1. The van der Waals surface area contributed by atoms with Gasteiger partial charge in [0.2, 0.25) is 0 Å². The molecule has 2 aromatic rings. The highest BCUT2D eigenvalue weighted by Crippen LogP contribution is 2.31. The van der Waals surface area contributed by atoms with Crippen molar-refractivity contribution in [1.29, 1.82) is 0 Å². The first-order chi connectivity index (χ1) is 10.3. The Hall–Kier alpha value is -2.02. The third-order valence-corrected chi connectivity index (χ3v) is 3.96. The van der Waals surface area contributed by atoms with Crippen LogP contribution in [0.25, 0.3) is 5.65 Å². The van der Waals surface area contributed by atoms with Crippen LogP contribution in [-0.2, 0) is 11.3 Å². The highest BCUT2D eigenvalue weighted by molar-refractivity contribution is 5.70. The van der Waals surface area contributed by atoms with Gasteiger partial charge in [-0.2, -0.15) is 0 Å². The number of nitrogens with zero attached hydrogens (tertiary/aromatic N) is 3. The Morgan fingerprint density at radius 2 is 2.32 bits per heavy atom. The van der Waals surface area contributed by atoms with Crippen molar-refractivity contribution in [2.75, 3.05) is 13.1 Å². The zero-order chi connectivity index (χ0) is 15.9. The molecule has 0 saturated carbocycles. The number of halogens is 2. The number of rotatable bonds is 3. The van der Waals surface area contributed by atoms with E-state index in [-0.39, 0.29) is 13.1 Å². The minimum absolute atomic E-state index is 0.129. The number of hydrogen-bond acceptors (Lipinski definition) is 3. The van der Waals surface area contributed by atoms with Crippen molar-refractivity contribution < 1.29 is 18.7 Å². The second-order valence-corrected chi connectivity index (χ2v) is 5.95. The van der Waals surface area contributed by atoms with Gasteiger partial charge in [0, 0.05) is 25.7 Å². The van der Waals surface area contributed by atoms with Gasteiger partial charge in [-0.1, -0.05) is 0 Å². The molecule has 0 bridgehead atoms. The van der Waals surface area contributed by atoms with Crippen LogP contribution in [0, 0.1) is 12.8 Å². The Labute approximate surface area is 126 Å². The van der Waals surface area contributed by atoms with Crippen molar-refractivity contribution in [2.45, 2.75) is 25.8 Å². The summed E-state index contributed by atoms with van der Waals surface area (Å²) in [6.07, 6.45) is 2.91. The number of carboxylic acid groups (broad SMARTS) is 1. The minimum atomic E-state index is -2.97. The lowest BCUT2D eigenvalue weighted by molar-refractivity contribution is -0.153. The monoisotopic (exact) mass is 309 g/mol. The maximum Gasteiger partial charge on any atom is 0.308 e. The Kier molecular flexibility index (Phi) is 3.60. The zero-order valence-corrected chi connectivity index (χ0v) is 12.2. The molecule has 3 rings (SSSR count). The number of piperidine rings is 1. The lowest BCUT2D eigenvalue weighted by Gasteiger charge is -2.35. The zero-order valence-electron chi connectivity index (χ0n) is 12.2. The second-order valence-electron chi connectivity index (χ2n) is 5.95.